The van der Waals surface area contributed by atoms with E-state index in [4.69, 9.17) is 14.2 Å². The Hall–Kier alpha value is -1.22. The second-order valence-corrected chi connectivity index (χ2v) is 5.01. The summed E-state index contributed by atoms with van der Waals surface area (Å²) in [5, 5.41) is 0. The molecule has 0 fully saturated rings. The summed E-state index contributed by atoms with van der Waals surface area (Å²) in [5.74, 6) is 1.61. The van der Waals surface area contributed by atoms with Crippen LogP contribution >= 0.6 is 0 Å². The van der Waals surface area contributed by atoms with Crippen molar-refractivity contribution in [3.05, 3.63) is 23.3 Å². The zero-order valence-corrected chi connectivity index (χ0v) is 12.2. The largest absolute Gasteiger partial charge is 0.493 e. The maximum Gasteiger partial charge on any atom is 0.161 e. The summed E-state index contributed by atoms with van der Waals surface area (Å²) in [6.45, 7) is 3.03. The van der Waals surface area contributed by atoms with Crippen LogP contribution in [0.3, 0.4) is 0 Å². The first kappa shape index (κ1) is 14.2. The number of benzene rings is 1. The Morgan fingerprint density at radius 2 is 1.89 bits per heavy atom. The van der Waals surface area contributed by atoms with E-state index in [-0.39, 0.29) is 6.10 Å². The Balaban J connectivity index is 2.22. The number of rotatable bonds is 6. The first-order chi connectivity index (χ1) is 9.30. The van der Waals surface area contributed by atoms with Crippen molar-refractivity contribution in [1.29, 1.82) is 0 Å². The lowest BCUT2D eigenvalue weighted by molar-refractivity contribution is 0.0346. The zero-order valence-electron chi connectivity index (χ0n) is 12.2. The normalized spacial score (nSPS) is 17.9. The minimum absolute atomic E-state index is 0.218. The lowest BCUT2D eigenvalue weighted by atomic mass is 9.93. The van der Waals surface area contributed by atoms with Gasteiger partial charge in [0.05, 0.1) is 26.9 Å². The van der Waals surface area contributed by atoms with Crippen LogP contribution in [0.15, 0.2) is 12.1 Å². The van der Waals surface area contributed by atoms with E-state index in [1.54, 1.807) is 14.2 Å². The highest BCUT2D eigenvalue weighted by Crippen LogP contribution is 2.38. The average Bonchev–Trinajstić information content (AvgIpc) is 2.46. The predicted octanol–water partition coefficient (Wildman–Crippen LogP) is 3.90. The fourth-order valence-electron chi connectivity index (χ4n) is 2.67. The first-order valence-electron chi connectivity index (χ1n) is 7.16. The van der Waals surface area contributed by atoms with Gasteiger partial charge in [-0.25, -0.2) is 0 Å². The van der Waals surface area contributed by atoms with E-state index >= 15 is 0 Å². The van der Waals surface area contributed by atoms with Crippen LogP contribution in [0, 0.1) is 0 Å². The SMILES string of the molecule is CCCCCC1OCCc2cc(OC)c(OC)cc21. The van der Waals surface area contributed by atoms with E-state index in [1.165, 1.54) is 30.4 Å². The number of ether oxygens (including phenoxy) is 3. The number of unbranched alkanes of at least 4 members (excludes halogenated alkanes) is 2. The summed E-state index contributed by atoms with van der Waals surface area (Å²) >= 11 is 0. The van der Waals surface area contributed by atoms with Gasteiger partial charge in [0.1, 0.15) is 0 Å². The molecule has 0 N–H and O–H groups in total. The minimum Gasteiger partial charge on any atom is -0.493 e. The van der Waals surface area contributed by atoms with Gasteiger partial charge in [-0.15, -0.1) is 0 Å². The van der Waals surface area contributed by atoms with Gasteiger partial charge < -0.3 is 14.2 Å². The van der Waals surface area contributed by atoms with Gasteiger partial charge in [-0.3, -0.25) is 0 Å². The van der Waals surface area contributed by atoms with E-state index in [0.717, 1.165) is 30.9 Å². The molecule has 0 radical (unpaired) electrons. The number of hydrogen-bond donors (Lipinski definition) is 0. The lowest BCUT2D eigenvalue weighted by Crippen LogP contribution is -2.16. The fraction of sp³-hybridized carbons (Fsp3) is 0.625. The highest BCUT2D eigenvalue weighted by atomic mass is 16.5. The quantitative estimate of drug-likeness (QED) is 0.729. The third-order valence-electron chi connectivity index (χ3n) is 3.75. The second-order valence-electron chi connectivity index (χ2n) is 5.01. The maximum absolute atomic E-state index is 5.93. The summed E-state index contributed by atoms with van der Waals surface area (Å²) in [7, 11) is 3.36. The van der Waals surface area contributed by atoms with Gasteiger partial charge in [-0.1, -0.05) is 26.2 Å². The summed E-state index contributed by atoms with van der Waals surface area (Å²) in [6, 6.07) is 4.19. The van der Waals surface area contributed by atoms with Crippen molar-refractivity contribution in [3.63, 3.8) is 0 Å². The van der Waals surface area contributed by atoms with Crippen LogP contribution in [-0.2, 0) is 11.2 Å². The molecule has 1 aliphatic heterocycles. The van der Waals surface area contributed by atoms with Crippen LogP contribution in [0.2, 0.25) is 0 Å². The average molecular weight is 264 g/mol. The molecule has 19 heavy (non-hydrogen) atoms. The van der Waals surface area contributed by atoms with Crippen molar-refractivity contribution in [3.8, 4) is 11.5 Å². The molecule has 1 unspecified atom stereocenters. The standard InChI is InChI=1S/C16H24O3/c1-4-5-6-7-14-13-11-16(18-3)15(17-2)10-12(13)8-9-19-14/h10-11,14H,4-9H2,1-3H3. The summed E-state index contributed by atoms with van der Waals surface area (Å²) in [5.41, 5.74) is 2.62. The third kappa shape index (κ3) is 3.21. The van der Waals surface area contributed by atoms with Gasteiger partial charge in [0.15, 0.2) is 11.5 Å². The molecule has 3 heteroatoms. The molecule has 1 heterocycles. The summed E-state index contributed by atoms with van der Waals surface area (Å²) in [4.78, 5) is 0. The molecule has 1 aliphatic rings. The van der Waals surface area contributed by atoms with Crippen molar-refractivity contribution in [2.24, 2.45) is 0 Å². The third-order valence-corrected chi connectivity index (χ3v) is 3.75. The molecule has 2 rings (SSSR count). The van der Waals surface area contributed by atoms with Crippen LogP contribution in [0.25, 0.3) is 0 Å². The summed E-state index contributed by atoms with van der Waals surface area (Å²) in [6.07, 6.45) is 5.99. The van der Waals surface area contributed by atoms with Crippen molar-refractivity contribution >= 4 is 0 Å². The summed E-state index contributed by atoms with van der Waals surface area (Å²) < 4.78 is 16.7. The molecule has 3 nitrogen and oxygen atoms in total. The smallest absolute Gasteiger partial charge is 0.161 e. The maximum atomic E-state index is 5.93. The van der Waals surface area contributed by atoms with Crippen LogP contribution in [-0.4, -0.2) is 20.8 Å². The van der Waals surface area contributed by atoms with Gasteiger partial charge in [0.25, 0.3) is 0 Å². The van der Waals surface area contributed by atoms with E-state index < -0.39 is 0 Å². The highest BCUT2D eigenvalue weighted by molar-refractivity contribution is 5.48. The van der Waals surface area contributed by atoms with Crippen molar-refractivity contribution in [2.75, 3.05) is 20.8 Å². The fourth-order valence-corrected chi connectivity index (χ4v) is 2.67. The molecule has 0 saturated carbocycles. The Kier molecular flexibility index (Phi) is 5.08. The van der Waals surface area contributed by atoms with Gasteiger partial charge in [0, 0.05) is 0 Å². The van der Waals surface area contributed by atoms with Crippen LogP contribution in [0.1, 0.15) is 49.8 Å². The Bertz CT molecular complexity index is 415. The first-order valence-corrected chi connectivity index (χ1v) is 7.16. The van der Waals surface area contributed by atoms with Gasteiger partial charge >= 0.3 is 0 Å². The van der Waals surface area contributed by atoms with Gasteiger partial charge in [-0.2, -0.15) is 0 Å². The molecule has 1 aromatic carbocycles. The van der Waals surface area contributed by atoms with Crippen LogP contribution in [0.4, 0.5) is 0 Å². The predicted molar refractivity (Wildman–Crippen MR) is 76.1 cm³/mol. The molecule has 0 amide bonds. The Morgan fingerprint density at radius 3 is 2.58 bits per heavy atom. The monoisotopic (exact) mass is 264 g/mol. The van der Waals surface area contributed by atoms with Gasteiger partial charge in [0.2, 0.25) is 0 Å². The molecular formula is C16H24O3. The van der Waals surface area contributed by atoms with E-state index in [2.05, 4.69) is 19.1 Å². The number of fused-ring (bicyclic) bond motifs is 1. The molecule has 1 atom stereocenters. The number of hydrogen-bond acceptors (Lipinski definition) is 3. The van der Waals surface area contributed by atoms with Gasteiger partial charge in [-0.05, 0) is 36.1 Å². The van der Waals surface area contributed by atoms with Crippen molar-refractivity contribution < 1.29 is 14.2 Å². The molecule has 0 spiro atoms. The Labute approximate surface area is 115 Å². The topological polar surface area (TPSA) is 27.7 Å². The van der Waals surface area contributed by atoms with E-state index in [1.807, 2.05) is 0 Å². The zero-order chi connectivity index (χ0) is 13.7. The minimum atomic E-state index is 0.218. The highest BCUT2D eigenvalue weighted by Gasteiger charge is 2.23. The molecule has 0 saturated heterocycles. The molecule has 106 valence electrons. The van der Waals surface area contributed by atoms with Crippen LogP contribution < -0.4 is 9.47 Å². The molecule has 0 aromatic heterocycles. The number of methoxy groups -OCH3 is 2. The van der Waals surface area contributed by atoms with Crippen molar-refractivity contribution in [1.82, 2.24) is 0 Å². The van der Waals surface area contributed by atoms with E-state index in [9.17, 15) is 0 Å². The molecule has 0 aliphatic carbocycles. The van der Waals surface area contributed by atoms with Crippen molar-refractivity contribution in [2.45, 2.75) is 45.1 Å². The molecule has 1 aromatic rings. The van der Waals surface area contributed by atoms with Crippen LogP contribution in [0.5, 0.6) is 11.5 Å². The Morgan fingerprint density at radius 1 is 1.16 bits per heavy atom. The molecule has 0 bridgehead atoms. The lowest BCUT2D eigenvalue weighted by Gasteiger charge is -2.27. The second kappa shape index (κ2) is 6.80. The van der Waals surface area contributed by atoms with E-state index in [0.29, 0.717) is 0 Å². The molecular weight excluding hydrogens is 240 g/mol.